The van der Waals surface area contributed by atoms with E-state index in [9.17, 15) is 8.78 Å². The van der Waals surface area contributed by atoms with Gasteiger partial charge in [0.1, 0.15) is 11.6 Å². The summed E-state index contributed by atoms with van der Waals surface area (Å²) in [6.45, 7) is 2.27. The molecule has 1 spiro atoms. The fraction of sp³-hybridized carbons (Fsp3) is 0.533. The van der Waals surface area contributed by atoms with Crippen molar-refractivity contribution >= 4 is 38.5 Å². The van der Waals surface area contributed by atoms with Crippen molar-refractivity contribution in [1.29, 1.82) is 0 Å². The molecule has 2 unspecified atom stereocenters. The first-order chi connectivity index (χ1) is 9.97. The highest BCUT2D eigenvalue weighted by molar-refractivity contribution is 9.10. The minimum absolute atomic E-state index is 0.0123. The molecule has 1 N–H and O–H groups in total. The average molecular weight is 375 g/mol. The number of thioether (sulfide) groups is 1. The van der Waals surface area contributed by atoms with E-state index in [2.05, 4.69) is 28.2 Å². The van der Waals surface area contributed by atoms with Crippen LogP contribution in [0.1, 0.15) is 32.6 Å². The summed E-state index contributed by atoms with van der Waals surface area (Å²) in [7, 11) is 0. The number of aliphatic imine (C=N–C) groups is 1. The molecule has 1 aliphatic carbocycles. The molecule has 114 valence electrons. The van der Waals surface area contributed by atoms with Crippen LogP contribution in [0.25, 0.3) is 0 Å². The van der Waals surface area contributed by atoms with Gasteiger partial charge in [0.05, 0.1) is 15.7 Å². The maximum absolute atomic E-state index is 13.8. The Morgan fingerprint density at radius 3 is 2.95 bits per heavy atom. The van der Waals surface area contributed by atoms with Gasteiger partial charge >= 0.3 is 0 Å². The summed E-state index contributed by atoms with van der Waals surface area (Å²) < 4.78 is 27.3. The zero-order chi connectivity index (χ0) is 15.0. The van der Waals surface area contributed by atoms with Crippen LogP contribution in [0.15, 0.2) is 21.6 Å². The molecular weight excluding hydrogens is 358 g/mol. The Hall–Kier alpha value is -0.620. The highest BCUT2D eigenvalue weighted by atomic mass is 79.9. The van der Waals surface area contributed by atoms with Gasteiger partial charge in [-0.05, 0) is 40.8 Å². The normalized spacial score (nSPS) is 28.8. The number of hydrogen-bond acceptors (Lipinski definition) is 3. The lowest BCUT2D eigenvalue weighted by molar-refractivity contribution is 0.266. The van der Waals surface area contributed by atoms with E-state index in [0.717, 1.165) is 29.8 Å². The molecule has 1 aromatic carbocycles. The van der Waals surface area contributed by atoms with E-state index in [4.69, 9.17) is 4.99 Å². The minimum atomic E-state index is -0.600. The second-order valence-corrected chi connectivity index (χ2v) is 7.82. The van der Waals surface area contributed by atoms with E-state index in [0.29, 0.717) is 5.92 Å². The lowest BCUT2D eigenvalue weighted by Crippen LogP contribution is -2.33. The summed E-state index contributed by atoms with van der Waals surface area (Å²) in [6.07, 6.45) is 4.67. The Morgan fingerprint density at radius 1 is 1.38 bits per heavy atom. The van der Waals surface area contributed by atoms with Crippen LogP contribution in [0.5, 0.6) is 0 Å². The Kier molecular flexibility index (Phi) is 4.28. The number of anilines is 1. The van der Waals surface area contributed by atoms with E-state index < -0.39 is 11.6 Å². The molecule has 0 amide bonds. The van der Waals surface area contributed by atoms with E-state index >= 15 is 0 Å². The predicted octanol–water partition coefficient (Wildman–Crippen LogP) is 5.19. The zero-order valence-corrected chi connectivity index (χ0v) is 14.2. The highest BCUT2D eigenvalue weighted by Crippen LogP contribution is 2.42. The molecule has 0 aromatic heterocycles. The monoisotopic (exact) mass is 374 g/mol. The first-order valence-corrected chi connectivity index (χ1v) is 8.89. The van der Waals surface area contributed by atoms with Gasteiger partial charge in [0.15, 0.2) is 5.17 Å². The fourth-order valence-corrected chi connectivity index (χ4v) is 4.66. The molecule has 1 fully saturated rings. The maximum Gasteiger partial charge on any atom is 0.161 e. The van der Waals surface area contributed by atoms with Gasteiger partial charge in [-0.25, -0.2) is 8.78 Å². The molecule has 21 heavy (non-hydrogen) atoms. The van der Waals surface area contributed by atoms with Crippen LogP contribution in [0.3, 0.4) is 0 Å². The quantitative estimate of drug-likeness (QED) is 0.683. The Morgan fingerprint density at radius 2 is 2.19 bits per heavy atom. The second-order valence-electron chi connectivity index (χ2n) is 6.00. The van der Waals surface area contributed by atoms with Gasteiger partial charge in [0.2, 0.25) is 0 Å². The van der Waals surface area contributed by atoms with Gasteiger partial charge in [-0.2, -0.15) is 0 Å². The first kappa shape index (κ1) is 15.3. The van der Waals surface area contributed by atoms with Crippen molar-refractivity contribution in [1.82, 2.24) is 0 Å². The predicted molar refractivity (Wildman–Crippen MR) is 87.9 cm³/mol. The summed E-state index contributed by atoms with van der Waals surface area (Å²) in [5, 5.41) is 3.74. The fourth-order valence-electron chi connectivity index (χ4n) is 3.15. The Bertz CT molecular complexity index is 593. The topological polar surface area (TPSA) is 24.4 Å². The molecule has 1 saturated carbocycles. The number of nitrogens with one attached hydrogen (secondary N) is 1. The van der Waals surface area contributed by atoms with Crippen molar-refractivity contribution in [2.45, 2.75) is 38.1 Å². The van der Waals surface area contributed by atoms with Crippen LogP contribution in [-0.2, 0) is 0 Å². The van der Waals surface area contributed by atoms with Gasteiger partial charge in [-0.3, -0.25) is 4.99 Å². The van der Waals surface area contributed by atoms with E-state index in [1.807, 2.05) is 0 Å². The number of halogens is 3. The molecule has 3 rings (SSSR count). The van der Waals surface area contributed by atoms with E-state index in [1.54, 1.807) is 11.8 Å². The third-order valence-corrected chi connectivity index (χ3v) is 5.89. The molecule has 1 aliphatic heterocycles. The highest BCUT2D eigenvalue weighted by Gasteiger charge is 2.39. The number of nitrogens with zero attached hydrogens (tertiary/aromatic N) is 1. The zero-order valence-electron chi connectivity index (χ0n) is 11.8. The summed E-state index contributed by atoms with van der Waals surface area (Å²) >= 11 is 4.71. The van der Waals surface area contributed by atoms with Gasteiger partial charge in [-0.1, -0.05) is 31.5 Å². The van der Waals surface area contributed by atoms with Crippen molar-refractivity contribution < 1.29 is 8.78 Å². The summed E-state index contributed by atoms with van der Waals surface area (Å²) in [5.41, 5.74) is 0.272. The molecule has 2 nitrogen and oxygen atoms in total. The standard InChI is InChI=1S/C15H17BrF2N2S/c1-9-3-2-4-15(7-9)8-21-14(20-15)19-13-5-10(16)11(17)6-12(13)18/h5-6,9H,2-4,7-8H2,1H3,(H,19,20). The molecule has 2 atom stereocenters. The average Bonchev–Trinajstić information content (AvgIpc) is 2.78. The number of benzene rings is 1. The SMILES string of the molecule is CC1CCCC2(CSC(Nc3cc(Br)c(F)cc3F)=N2)C1. The van der Waals surface area contributed by atoms with Gasteiger partial charge in [0.25, 0.3) is 0 Å². The molecule has 1 heterocycles. The number of rotatable bonds is 1. The molecule has 2 aliphatic rings. The van der Waals surface area contributed by atoms with Gasteiger partial charge in [-0.15, -0.1) is 0 Å². The lowest BCUT2D eigenvalue weighted by Gasteiger charge is -2.33. The largest absolute Gasteiger partial charge is 0.333 e. The summed E-state index contributed by atoms with van der Waals surface area (Å²) in [4.78, 5) is 4.81. The van der Waals surface area contributed by atoms with Crippen LogP contribution in [-0.4, -0.2) is 16.5 Å². The van der Waals surface area contributed by atoms with Crippen molar-refractivity contribution in [3.8, 4) is 0 Å². The second kappa shape index (κ2) is 5.88. The molecule has 1 aromatic rings. The van der Waals surface area contributed by atoms with Crippen molar-refractivity contribution in [2.75, 3.05) is 11.1 Å². The smallest absolute Gasteiger partial charge is 0.161 e. The Labute approximate surface area is 135 Å². The van der Waals surface area contributed by atoms with Gasteiger partial charge in [0, 0.05) is 11.8 Å². The molecule has 0 saturated heterocycles. The number of amidine groups is 1. The van der Waals surface area contributed by atoms with Crippen molar-refractivity contribution in [2.24, 2.45) is 10.9 Å². The minimum Gasteiger partial charge on any atom is -0.333 e. The van der Waals surface area contributed by atoms with Crippen molar-refractivity contribution in [3.63, 3.8) is 0 Å². The number of hydrogen-bond donors (Lipinski definition) is 1. The van der Waals surface area contributed by atoms with Gasteiger partial charge < -0.3 is 5.32 Å². The third-order valence-electron chi connectivity index (χ3n) is 4.14. The first-order valence-electron chi connectivity index (χ1n) is 7.12. The molecular formula is C15H17BrF2N2S. The van der Waals surface area contributed by atoms with Crippen LogP contribution in [0, 0.1) is 17.6 Å². The van der Waals surface area contributed by atoms with Crippen LogP contribution >= 0.6 is 27.7 Å². The van der Waals surface area contributed by atoms with Crippen LogP contribution in [0.2, 0.25) is 0 Å². The Balaban J connectivity index is 1.78. The summed E-state index contributed by atoms with van der Waals surface area (Å²) in [5.74, 6) is 0.441. The molecule has 0 bridgehead atoms. The third kappa shape index (κ3) is 3.26. The van der Waals surface area contributed by atoms with Crippen LogP contribution < -0.4 is 5.32 Å². The van der Waals surface area contributed by atoms with E-state index in [1.165, 1.54) is 18.9 Å². The summed E-state index contributed by atoms with van der Waals surface area (Å²) in [6, 6.07) is 2.30. The lowest BCUT2D eigenvalue weighted by atomic mass is 9.78. The van der Waals surface area contributed by atoms with Crippen LogP contribution in [0.4, 0.5) is 14.5 Å². The van der Waals surface area contributed by atoms with Crippen molar-refractivity contribution in [3.05, 3.63) is 28.2 Å². The molecule has 6 heteroatoms. The maximum atomic E-state index is 13.8. The van der Waals surface area contributed by atoms with E-state index in [-0.39, 0.29) is 15.7 Å². The molecule has 0 radical (unpaired) electrons.